The molecule has 0 N–H and O–H groups in total. The minimum atomic E-state index is -4.42. The summed E-state index contributed by atoms with van der Waals surface area (Å²) < 4.78 is 33.3. The van der Waals surface area contributed by atoms with E-state index in [0.717, 1.165) is 28.9 Å². The Morgan fingerprint density at radius 2 is 1.87 bits per heavy atom. The number of nitrogens with zero attached hydrogens (tertiary/aromatic N) is 2. The third-order valence-corrected chi connectivity index (χ3v) is 6.36. The lowest BCUT2D eigenvalue weighted by Crippen LogP contribution is -2.49. The first-order chi connectivity index (χ1) is 14.7. The standard InChI is InChI=1S/C22H22N2O6S/c1-4-15-23(31(28,29)22-14-10-9-13-19(22)24(26)27)20(21(5-2)30-17(3)25)16-18-11-7-6-8-12-18/h2,4,6-14,20-21H,1,15-16H2,3H3/t20-,21+/m1/s1. The molecule has 0 saturated carbocycles. The van der Waals surface area contributed by atoms with Crippen LogP contribution >= 0.6 is 0 Å². The highest BCUT2D eigenvalue weighted by molar-refractivity contribution is 7.89. The number of nitro benzene ring substituents is 1. The second-order valence-corrected chi connectivity index (χ2v) is 8.40. The Balaban J connectivity index is 2.65. The van der Waals surface area contributed by atoms with Gasteiger partial charge >= 0.3 is 5.97 Å². The van der Waals surface area contributed by atoms with Crippen molar-refractivity contribution in [3.63, 3.8) is 0 Å². The Kier molecular flexibility index (Phi) is 8.07. The molecule has 2 atom stereocenters. The average molecular weight is 442 g/mol. The predicted octanol–water partition coefficient (Wildman–Crippen LogP) is 2.95. The average Bonchev–Trinajstić information content (AvgIpc) is 2.75. The zero-order valence-electron chi connectivity index (χ0n) is 16.9. The lowest BCUT2D eigenvalue weighted by molar-refractivity contribution is -0.387. The van der Waals surface area contributed by atoms with E-state index in [9.17, 15) is 23.3 Å². The third-order valence-electron chi connectivity index (χ3n) is 4.42. The van der Waals surface area contributed by atoms with Gasteiger partial charge in [-0.15, -0.1) is 13.0 Å². The number of hydrogen-bond donors (Lipinski definition) is 0. The van der Waals surface area contributed by atoms with Crippen LogP contribution in [0.4, 0.5) is 5.69 Å². The molecule has 9 heteroatoms. The normalized spacial score (nSPS) is 13.1. The summed E-state index contributed by atoms with van der Waals surface area (Å²) in [5, 5.41) is 11.4. The summed E-state index contributed by atoms with van der Waals surface area (Å²) in [6.45, 7) is 4.56. The van der Waals surface area contributed by atoms with E-state index in [1.54, 1.807) is 30.3 Å². The summed E-state index contributed by atoms with van der Waals surface area (Å²) in [6.07, 6.45) is 5.81. The van der Waals surface area contributed by atoms with Crippen LogP contribution in [0, 0.1) is 22.5 Å². The second-order valence-electron chi connectivity index (χ2n) is 6.54. The molecule has 0 aliphatic rings. The van der Waals surface area contributed by atoms with Gasteiger partial charge in [0.1, 0.15) is 0 Å². The van der Waals surface area contributed by atoms with Crippen molar-refractivity contribution in [3.8, 4) is 12.3 Å². The smallest absolute Gasteiger partial charge is 0.303 e. The van der Waals surface area contributed by atoms with E-state index in [4.69, 9.17) is 11.2 Å². The third kappa shape index (κ3) is 5.78. The van der Waals surface area contributed by atoms with Gasteiger partial charge in [0, 0.05) is 19.5 Å². The van der Waals surface area contributed by atoms with Crippen LogP contribution < -0.4 is 0 Å². The molecule has 0 aliphatic heterocycles. The van der Waals surface area contributed by atoms with Crippen molar-refractivity contribution in [2.75, 3.05) is 6.54 Å². The van der Waals surface area contributed by atoms with Crippen molar-refractivity contribution in [2.24, 2.45) is 0 Å². The summed E-state index contributed by atoms with van der Waals surface area (Å²) in [4.78, 5) is 21.8. The quantitative estimate of drug-likeness (QED) is 0.184. The monoisotopic (exact) mass is 442 g/mol. The van der Waals surface area contributed by atoms with Crippen molar-refractivity contribution >= 4 is 21.7 Å². The minimum absolute atomic E-state index is 0.108. The van der Waals surface area contributed by atoms with E-state index in [1.807, 2.05) is 0 Å². The first-order valence-electron chi connectivity index (χ1n) is 9.25. The fourth-order valence-corrected chi connectivity index (χ4v) is 4.86. The molecule has 0 spiro atoms. The number of nitro groups is 1. The molecule has 0 bridgehead atoms. The van der Waals surface area contributed by atoms with Crippen LogP contribution in [0.15, 0.2) is 72.1 Å². The van der Waals surface area contributed by atoms with E-state index >= 15 is 0 Å². The molecule has 0 amide bonds. The summed E-state index contributed by atoms with van der Waals surface area (Å²) in [6, 6.07) is 12.9. The Bertz CT molecular complexity index is 1090. The molecule has 0 heterocycles. The van der Waals surface area contributed by atoms with E-state index < -0.39 is 43.6 Å². The fraction of sp³-hybridized carbons (Fsp3) is 0.227. The second kappa shape index (κ2) is 10.5. The predicted molar refractivity (Wildman–Crippen MR) is 116 cm³/mol. The summed E-state index contributed by atoms with van der Waals surface area (Å²) in [5.74, 6) is 1.66. The first kappa shape index (κ1) is 23.8. The topological polar surface area (TPSA) is 107 Å². The number of hydrogen-bond acceptors (Lipinski definition) is 6. The van der Waals surface area contributed by atoms with Crippen LogP contribution in [0.25, 0.3) is 0 Å². The summed E-state index contributed by atoms with van der Waals surface area (Å²) in [7, 11) is -4.42. The molecule has 0 saturated heterocycles. The van der Waals surface area contributed by atoms with Gasteiger partial charge in [0.25, 0.3) is 15.7 Å². The largest absolute Gasteiger partial charge is 0.448 e. The molecule has 31 heavy (non-hydrogen) atoms. The van der Waals surface area contributed by atoms with Crippen LogP contribution in [-0.2, 0) is 26.0 Å². The number of terminal acetylenes is 1. The molecule has 0 radical (unpaired) electrons. The van der Waals surface area contributed by atoms with Crippen LogP contribution in [-0.4, -0.2) is 42.3 Å². The first-order valence-corrected chi connectivity index (χ1v) is 10.7. The lowest BCUT2D eigenvalue weighted by Gasteiger charge is -2.33. The summed E-state index contributed by atoms with van der Waals surface area (Å²) in [5.41, 5.74) is 0.173. The fourth-order valence-electron chi connectivity index (χ4n) is 3.11. The zero-order chi connectivity index (χ0) is 23.0. The highest BCUT2D eigenvalue weighted by Gasteiger charge is 2.39. The van der Waals surface area contributed by atoms with Gasteiger partial charge in [-0.3, -0.25) is 14.9 Å². The molecule has 2 aromatic carbocycles. The van der Waals surface area contributed by atoms with Gasteiger partial charge in [0.05, 0.1) is 11.0 Å². The molecule has 0 unspecified atom stereocenters. The summed E-state index contributed by atoms with van der Waals surface area (Å²) >= 11 is 0. The lowest BCUT2D eigenvalue weighted by atomic mass is 10.0. The Labute approximate surface area is 181 Å². The number of carbonyl (C=O) groups is 1. The van der Waals surface area contributed by atoms with Gasteiger partial charge in [-0.1, -0.05) is 54.5 Å². The highest BCUT2D eigenvalue weighted by Crippen LogP contribution is 2.29. The van der Waals surface area contributed by atoms with Gasteiger partial charge in [0.15, 0.2) is 11.0 Å². The molecule has 8 nitrogen and oxygen atoms in total. The number of carbonyl (C=O) groups excluding carboxylic acids is 1. The van der Waals surface area contributed by atoms with Crippen LogP contribution in [0.3, 0.4) is 0 Å². The van der Waals surface area contributed by atoms with Crippen LogP contribution in [0.2, 0.25) is 0 Å². The van der Waals surface area contributed by atoms with Crippen molar-refractivity contribution in [1.29, 1.82) is 0 Å². The molecule has 162 valence electrons. The molecule has 2 rings (SSSR count). The molecular formula is C22H22N2O6S. The molecule has 2 aromatic rings. The number of sulfonamides is 1. The number of para-hydroxylation sites is 1. The highest BCUT2D eigenvalue weighted by atomic mass is 32.2. The molecular weight excluding hydrogens is 420 g/mol. The number of benzene rings is 2. The number of ether oxygens (including phenoxy) is 1. The number of rotatable bonds is 10. The maximum absolute atomic E-state index is 13.6. The SMILES string of the molecule is C#C[C@H](OC(C)=O)[C@@H](Cc1ccccc1)N(CC=C)S(=O)(=O)c1ccccc1[N+](=O)[O-]. The maximum Gasteiger partial charge on any atom is 0.303 e. The maximum atomic E-state index is 13.6. The van der Waals surface area contributed by atoms with E-state index in [0.29, 0.717) is 0 Å². The van der Waals surface area contributed by atoms with Gasteiger partial charge in [-0.05, 0) is 18.1 Å². The molecule has 0 fully saturated rings. The Morgan fingerprint density at radius 1 is 1.26 bits per heavy atom. The Morgan fingerprint density at radius 3 is 2.42 bits per heavy atom. The molecule has 0 aliphatic carbocycles. The van der Waals surface area contributed by atoms with Crippen molar-refractivity contribution in [2.45, 2.75) is 30.4 Å². The number of esters is 1. The van der Waals surface area contributed by atoms with E-state index in [-0.39, 0.29) is 13.0 Å². The van der Waals surface area contributed by atoms with Crippen LogP contribution in [0.5, 0.6) is 0 Å². The van der Waals surface area contributed by atoms with Gasteiger partial charge in [0.2, 0.25) is 0 Å². The van der Waals surface area contributed by atoms with Gasteiger partial charge < -0.3 is 4.74 Å². The van der Waals surface area contributed by atoms with Gasteiger partial charge in [-0.2, -0.15) is 4.31 Å². The van der Waals surface area contributed by atoms with Crippen molar-refractivity contribution in [3.05, 3.63) is 82.9 Å². The Hall–Kier alpha value is -3.48. The van der Waals surface area contributed by atoms with E-state index in [1.165, 1.54) is 18.2 Å². The molecule has 0 aromatic heterocycles. The van der Waals surface area contributed by atoms with Gasteiger partial charge in [-0.25, -0.2) is 8.42 Å². The van der Waals surface area contributed by atoms with Crippen LogP contribution in [0.1, 0.15) is 12.5 Å². The van der Waals surface area contributed by atoms with Crippen molar-refractivity contribution in [1.82, 2.24) is 4.31 Å². The minimum Gasteiger partial charge on any atom is -0.448 e. The van der Waals surface area contributed by atoms with Crippen molar-refractivity contribution < 1.29 is 22.9 Å². The van der Waals surface area contributed by atoms with E-state index in [2.05, 4.69) is 12.5 Å². The zero-order valence-corrected chi connectivity index (χ0v) is 17.7.